The molecule has 6 heteroatoms. The number of likely N-dealkylation sites (N-methyl/N-ethyl adjacent to an activating group) is 1. The van der Waals surface area contributed by atoms with Crippen LogP contribution >= 0.6 is 11.6 Å². The topological polar surface area (TPSA) is 42.3 Å². The summed E-state index contributed by atoms with van der Waals surface area (Å²) >= 11 is 6.05. The van der Waals surface area contributed by atoms with E-state index in [0.717, 1.165) is 37.7 Å². The van der Waals surface area contributed by atoms with Gasteiger partial charge in [0.15, 0.2) is 0 Å². The molecule has 5 nitrogen and oxygen atoms in total. The third-order valence-corrected chi connectivity index (χ3v) is 4.82. The van der Waals surface area contributed by atoms with Crippen LogP contribution in [0, 0.1) is 0 Å². The van der Waals surface area contributed by atoms with Gasteiger partial charge in [-0.2, -0.15) is 5.10 Å². The van der Waals surface area contributed by atoms with Crippen LogP contribution in [0.25, 0.3) is 0 Å². The van der Waals surface area contributed by atoms with Crippen LogP contribution in [0.5, 0.6) is 0 Å². The van der Waals surface area contributed by atoms with Gasteiger partial charge < -0.3 is 15.0 Å². The predicted octanol–water partition coefficient (Wildman–Crippen LogP) is 2.28. The van der Waals surface area contributed by atoms with Crippen molar-refractivity contribution in [1.29, 1.82) is 0 Å². The lowest BCUT2D eigenvalue weighted by Gasteiger charge is -2.36. The van der Waals surface area contributed by atoms with Gasteiger partial charge in [-0.25, -0.2) is 0 Å². The molecule has 2 heterocycles. The van der Waals surface area contributed by atoms with Crippen LogP contribution in [0.3, 0.4) is 0 Å². The van der Waals surface area contributed by atoms with Crippen molar-refractivity contribution >= 4 is 11.6 Å². The number of nitrogens with one attached hydrogen (secondary N) is 1. The zero-order valence-electron chi connectivity index (χ0n) is 14.3. The highest BCUT2D eigenvalue weighted by Crippen LogP contribution is 2.23. The van der Waals surface area contributed by atoms with E-state index in [2.05, 4.69) is 40.6 Å². The van der Waals surface area contributed by atoms with E-state index in [9.17, 15) is 0 Å². The van der Waals surface area contributed by atoms with Gasteiger partial charge in [-0.3, -0.25) is 4.68 Å². The standard InChI is InChI=1S/C18H25ClN4O/c1-22-11-12-24-17(13-22)18(14-3-5-15(19)6-4-14)20-9-7-16-8-10-21-23(16)2/h3-6,8,10,17-18,20H,7,9,11-13H2,1-2H3. The predicted molar refractivity (Wildman–Crippen MR) is 96.3 cm³/mol. The molecule has 1 saturated heterocycles. The molecule has 0 bridgehead atoms. The van der Waals surface area contributed by atoms with Gasteiger partial charge in [0.25, 0.3) is 0 Å². The number of halogens is 1. The second kappa shape index (κ2) is 8.12. The van der Waals surface area contributed by atoms with E-state index in [1.54, 1.807) is 0 Å². The number of ether oxygens (including phenoxy) is 1. The fourth-order valence-electron chi connectivity index (χ4n) is 3.15. The normalized spacial score (nSPS) is 20.2. The minimum absolute atomic E-state index is 0.136. The highest BCUT2D eigenvalue weighted by Gasteiger charge is 2.27. The highest BCUT2D eigenvalue weighted by atomic mass is 35.5. The summed E-state index contributed by atoms with van der Waals surface area (Å²) in [6.07, 6.45) is 2.91. The van der Waals surface area contributed by atoms with Crippen LogP contribution in [0.15, 0.2) is 36.5 Å². The molecule has 2 unspecified atom stereocenters. The molecular formula is C18H25ClN4O. The van der Waals surface area contributed by atoms with E-state index in [1.165, 1.54) is 11.3 Å². The molecule has 0 amide bonds. The number of hydrogen-bond donors (Lipinski definition) is 1. The summed E-state index contributed by atoms with van der Waals surface area (Å²) in [6.45, 7) is 3.55. The third kappa shape index (κ3) is 4.36. The number of nitrogens with zero attached hydrogens (tertiary/aromatic N) is 3. The molecule has 2 aromatic rings. The summed E-state index contributed by atoms with van der Waals surface area (Å²) in [5.41, 5.74) is 2.43. The Bertz CT molecular complexity index is 643. The van der Waals surface area contributed by atoms with E-state index in [4.69, 9.17) is 16.3 Å². The van der Waals surface area contributed by atoms with E-state index >= 15 is 0 Å². The Kier molecular flexibility index (Phi) is 5.89. The first kappa shape index (κ1) is 17.4. The van der Waals surface area contributed by atoms with Crippen molar-refractivity contribution in [2.45, 2.75) is 18.6 Å². The summed E-state index contributed by atoms with van der Waals surface area (Å²) in [7, 11) is 4.12. The maximum atomic E-state index is 6.05. The van der Waals surface area contributed by atoms with E-state index < -0.39 is 0 Å². The second-order valence-electron chi connectivity index (χ2n) is 6.35. The Morgan fingerprint density at radius 2 is 2.08 bits per heavy atom. The molecular weight excluding hydrogens is 324 g/mol. The third-order valence-electron chi connectivity index (χ3n) is 4.57. The van der Waals surface area contributed by atoms with Crippen molar-refractivity contribution in [3.8, 4) is 0 Å². The molecule has 1 aromatic carbocycles. The number of hydrogen-bond acceptors (Lipinski definition) is 4. The molecule has 3 rings (SSSR count). The Labute approximate surface area is 148 Å². The number of aryl methyl sites for hydroxylation is 1. The molecule has 0 radical (unpaired) electrons. The molecule has 0 aliphatic carbocycles. The molecule has 1 N–H and O–H groups in total. The lowest BCUT2D eigenvalue weighted by Crippen LogP contribution is -2.47. The second-order valence-corrected chi connectivity index (χ2v) is 6.79. The van der Waals surface area contributed by atoms with Gasteiger partial charge in [-0.1, -0.05) is 23.7 Å². The number of rotatable bonds is 6. The maximum Gasteiger partial charge on any atom is 0.0896 e. The van der Waals surface area contributed by atoms with Crippen molar-refractivity contribution in [2.75, 3.05) is 33.3 Å². The van der Waals surface area contributed by atoms with Gasteiger partial charge in [0.05, 0.1) is 18.8 Å². The molecule has 1 aliphatic rings. The van der Waals surface area contributed by atoms with Crippen LogP contribution in [0.4, 0.5) is 0 Å². The Hall–Kier alpha value is -1.40. The molecule has 0 spiro atoms. The van der Waals surface area contributed by atoms with Crippen molar-refractivity contribution < 1.29 is 4.74 Å². The Morgan fingerprint density at radius 1 is 1.29 bits per heavy atom. The fourth-order valence-corrected chi connectivity index (χ4v) is 3.28. The molecule has 24 heavy (non-hydrogen) atoms. The zero-order valence-corrected chi connectivity index (χ0v) is 15.0. The van der Waals surface area contributed by atoms with Gasteiger partial charge in [0.1, 0.15) is 0 Å². The number of aromatic nitrogens is 2. The first-order valence-corrected chi connectivity index (χ1v) is 8.77. The van der Waals surface area contributed by atoms with Crippen LogP contribution in [-0.2, 0) is 18.2 Å². The average molecular weight is 349 g/mol. The lowest BCUT2D eigenvalue weighted by molar-refractivity contribution is -0.0392. The quantitative estimate of drug-likeness (QED) is 0.869. The summed E-state index contributed by atoms with van der Waals surface area (Å²) in [4.78, 5) is 2.32. The van der Waals surface area contributed by atoms with E-state index in [0.29, 0.717) is 0 Å². The largest absolute Gasteiger partial charge is 0.374 e. The van der Waals surface area contributed by atoms with Gasteiger partial charge in [-0.15, -0.1) is 0 Å². The van der Waals surface area contributed by atoms with Crippen LogP contribution in [0.1, 0.15) is 17.3 Å². The van der Waals surface area contributed by atoms with Gasteiger partial charge in [0, 0.05) is 50.0 Å². The van der Waals surface area contributed by atoms with Crippen molar-refractivity contribution in [2.24, 2.45) is 7.05 Å². The smallest absolute Gasteiger partial charge is 0.0896 e. The monoisotopic (exact) mass is 348 g/mol. The van der Waals surface area contributed by atoms with Crippen LogP contribution in [0.2, 0.25) is 5.02 Å². The van der Waals surface area contributed by atoms with Crippen molar-refractivity contribution in [3.05, 3.63) is 52.8 Å². The summed E-state index contributed by atoms with van der Waals surface area (Å²) in [5, 5.41) is 8.66. The van der Waals surface area contributed by atoms with Crippen molar-refractivity contribution in [3.63, 3.8) is 0 Å². The van der Waals surface area contributed by atoms with E-state index in [1.807, 2.05) is 30.1 Å². The van der Waals surface area contributed by atoms with Crippen molar-refractivity contribution in [1.82, 2.24) is 20.0 Å². The highest BCUT2D eigenvalue weighted by molar-refractivity contribution is 6.30. The maximum absolute atomic E-state index is 6.05. The first-order chi connectivity index (χ1) is 11.6. The van der Waals surface area contributed by atoms with Gasteiger partial charge in [0.2, 0.25) is 0 Å². The minimum atomic E-state index is 0.136. The van der Waals surface area contributed by atoms with Crippen LogP contribution in [-0.4, -0.2) is 54.1 Å². The zero-order chi connectivity index (χ0) is 16.9. The minimum Gasteiger partial charge on any atom is -0.374 e. The number of morpholine rings is 1. The summed E-state index contributed by atoms with van der Waals surface area (Å²) in [6, 6.07) is 10.3. The molecule has 1 aromatic heterocycles. The average Bonchev–Trinajstić information content (AvgIpc) is 2.98. The van der Waals surface area contributed by atoms with Gasteiger partial charge in [-0.05, 0) is 30.8 Å². The molecule has 130 valence electrons. The Balaban J connectivity index is 1.69. The first-order valence-electron chi connectivity index (χ1n) is 8.39. The molecule has 2 atom stereocenters. The van der Waals surface area contributed by atoms with Crippen LogP contribution < -0.4 is 5.32 Å². The lowest BCUT2D eigenvalue weighted by atomic mass is 9.99. The summed E-state index contributed by atoms with van der Waals surface area (Å²) < 4.78 is 7.97. The molecule has 1 fully saturated rings. The SMILES string of the molecule is CN1CCOC(C(NCCc2ccnn2C)c2ccc(Cl)cc2)C1. The molecule has 1 aliphatic heterocycles. The molecule has 0 saturated carbocycles. The van der Waals surface area contributed by atoms with E-state index in [-0.39, 0.29) is 12.1 Å². The fraction of sp³-hybridized carbons (Fsp3) is 0.500. The summed E-state index contributed by atoms with van der Waals surface area (Å²) in [5.74, 6) is 0. The van der Waals surface area contributed by atoms with Gasteiger partial charge >= 0.3 is 0 Å². The number of benzene rings is 1. The Morgan fingerprint density at radius 3 is 2.75 bits per heavy atom.